The number of nitrogens with zero attached hydrogens (tertiary/aromatic N) is 1. The lowest BCUT2D eigenvalue weighted by Crippen LogP contribution is -2.31. The summed E-state index contributed by atoms with van der Waals surface area (Å²) in [6.07, 6.45) is 1.52. The number of carbonyl (C=O) groups excluding carboxylic acids is 2. The zero-order valence-electron chi connectivity index (χ0n) is 21.4. The number of nitrogens with one attached hydrogen (secondary N) is 3. The molecule has 0 spiro atoms. The zero-order valence-corrected chi connectivity index (χ0v) is 22.3. The molecule has 7 nitrogen and oxygen atoms in total. The SMILES string of the molecule is CC1=C(C(=O)Nc2ccccc2C)C(c2ccco2)C(C#N)=C(SCC(=O)Nc2cccc3ccccc23)N1. The Hall–Kier alpha value is -4.74. The summed E-state index contributed by atoms with van der Waals surface area (Å²) in [5, 5.41) is 21.9. The van der Waals surface area contributed by atoms with Gasteiger partial charge in [0.1, 0.15) is 5.76 Å². The summed E-state index contributed by atoms with van der Waals surface area (Å²) in [7, 11) is 0. The monoisotopic (exact) mass is 534 g/mol. The van der Waals surface area contributed by atoms with Crippen LogP contribution in [0.2, 0.25) is 0 Å². The Kier molecular flexibility index (Phi) is 7.53. The maximum absolute atomic E-state index is 13.5. The highest BCUT2D eigenvalue weighted by Crippen LogP contribution is 2.41. The van der Waals surface area contributed by atoms with Crippen molar-refractivity contribution in [3.8, 4) is 6.07 Å². The molecule has 2 amide bonds. The van der Waals surface area contributed by atoms with Crippen LogP contribution < -0.4 is 16.0 Å². The Labute approximate surface area is 230 Å². The first kappa shape index (κ1) is 25.9. The van der Waals surface area contributed by atoms with Crippen LogP contribution in [-0.4, -0.2) is 17.6 Å². The minimum absolute atomic E-state index is 0.0691. The average molecular weight is 535 g/mol. The van der Waals surface area contributed by atoms with Gasteiger partial charge in [-0.15, -0.1) is 0 Å². The Balaban J connectivity index is 1.39. The number of anilines is 2. The van der Waals surface area contributed by atoms with Crippen molar-refractivity contribution < 1.29 is 14.0 Å². The fourth-order valence-corrected chi connectivity index (χ4v) is 5.52. The summed E-state index contributed by atoms with van der Waals surface area (Å²) < 4.78 is 5.69. The number of furan rings is 1. The minimum Gasteiger partial charge on any atom is -0.468 e. The van der Waals surface area contributed by atoms with Gasteiger partial charge in [0.05, 0.1) is 40.2 Å². The van der Waals surface area contributed by atoms with Crippen LogP contribution in [0.25, 0.3) is 10.8 Å². The number of benzene rings is 3. The van der Waals surface area contributed by atoms with Gasteiger partial charge < -0.3 is 20.4 Å². The molecule has 1 aromatic heterocycles. The number of hydrogen-bond acceptors (Lipinski definition) is 6. The molecule has 39 heavy (non-hydrogen) atoms. The van der Waals surface area contributed by atoms with E-state index in [2.05, 4.69) is 22.0 Å². The fourth-order valence-electron chi connectivity index (χ4n) is 4.63. The number of hydrogen-bond donors (Lipinski definition) is 3. The van der Waals surface area contributed by atoms with Crippen LogP contribution in [0.5, 0.6) is 0 Å². The van der Waals surface area contributed by atoms with Crippen LogP contribution in [0.3, 0.4) is 0 Å². The third-order valence-corrected chi connectivity index (χ3v) is 7.54. The van der Waals surface area contributed by atoms with Crippen LogP contribution in [-0.2, 0) is 9.59 Å². The molecule has 0 saturated heterocycles. The Morgan fingerprint density at radius 2 is 1.69 bits per heavy atom. The van der Waals surface area contributed by atoms with Crippen LogP contribution in [0.15, 0.2) is 111 Å². The number of thioether (sulfide) groups is 1. The maximum Gasteiger partial charge on any atom is 0.254 e. The standard InChI is InChI=1S/C31H26N4O3S/c1-19-9-3-6-13-24(19)35-30(37)28-20(2)33-31(23(17-32)29(28)26-15-8-16-38-26)39-18-27(36)34-25-14-7-11-21-10-4-5-12-22(21)25/h3-16,29,33H,18H2,1-2H3,(H,34,36)(H,35,37). The largest absolute Gasteiger partial charge is 0.468 e. The molecule has 194 valence electrons. The van der Waals surface area contributed by atoms with E-state index in [1.165, 1.54) is 18.0 Å². The zero-order chi connectivity index (χ0) is 27.4. The molecule has 1 atom stereocenters. The predicted molar refractivity (Wildman–Crippen MR) is 155 cm³/mol. The molecule has 1 aliphatic rings. The quantitative estimate of drug-likeness (QED) is 0.252. The molecule has 2 heterocycles. The van der Waals surface area contributed by atoms with Crippen molar-refractivity contribution in [3.63, 3.8) is 0 Å². The van der Waals surface area contributed by atoms with E-state index < -0.39 is 5.92 Å². The number of allylic oxidation sites excluding steroid dienone is 2. The minimum atomic E-state index is -0.723. The fraction of sp³-hybridized carbons (Fsp3) is 0.129. The van der Waals surface area contributed by atoms with Gasteiger partial charge in [0.2, 0.25) is 5.91 Å². The average Bonchev–Trinajstić information content (AvgIpc) is 3.48. The molecule has 8 heteroatoms. The first-order valence-corrected chi connectivity index (χ1v) is 13.4. The molecule has 3 aromatic carbocycles. The number of carbonyl (C=O) groups is 2. The van der Waals surface area contributed by atoms with E-state index in [0.29, 0.717) is 33.3 Å². The van der Waals surface area contributed by atoms with Gasteiger partial charge in [-0.25, -0.2) is 0 Å². The molecule has 0 fully saturated rings. The summed E-state index contributed by atoms with van der Waals surface area (Å²) in [5.41, 5.74) is 3.62. The maximum atomic E-state index is 13.5. The lowest BCUT2D eigenvalue weighted by molar-refractivity contribution is -0.114. The molecule has 0 bridgehead atoms. The summed E-state index contributed by atoms with van der Waals surface area (Å²) >= 11 is 1.21. The van der Waals surface area contributed by atoms with Crippen molar-refractivity contribution >= 4 is 45.7 Å². The van der Waals surface area contributed by atoms with Crippen molar-refractivity contribution in [2.24, 2.45) is 0 Å². The highest BCUT2D eigenvalue weighted by atomic mass is 32.2. The van der Waals surface area contributed by atoms with E-state index in [0.717, 1.165) is 22.0 Å². The van der Waals surface area contributed by atoms with Crippen LogP contribution in [0.1, 0.15) is 24.2 Å². The summed E-state index contributed by atoms with van der Waals surface area (Å²) in [6.45, 7) is 3.70. The van der Waals surface area contributed by atoms with Crippen molar-refractivity contribution in [2.75, 3.05) is 16.4 Å². The van der Waals surface area contributed by atoms with E-state index >= 15 is 0 Å². The number of amides is 2. The number of aryl methyl sites for hydroxylation is 1. The first-order chi connectivity index (χ1) is 19.0. The Morgan fingerprint density at radius 1 is 0.949 bits per heavy atom. The van der Waals surface area contributed by atoms with Crippen molar-refractivity contribution in [3.05, 3.63) is 118 Å². The van der Waals surface area contributed by atoms with Crippen LogP contribution >= 0.6 is 11.8 Å². The summed E-state index contributed by atoms with van der Waals surface area (Å²) in [6, 6.07) is 26.8. The number of rotatable bonds is 7. The Morgan fingerprint density at radius 3 is 2.46 bits per heavy atom. The molecule has 0 saturated carbocycles. The Bertz CT molecular complexity index is 1660. The van der Waals surface area contributed by atoms with Gasteiger partial charge >= 0.3 is 0 Å². The molecule has 0 aliphatic carbocycles. The van der Waals surface area contributed by atoms with Gasteiger partial charge in [-0.05, 0) is 49.1 Å². The van der Waals surface area contributed by atoms with Gasteiger partial charge in [0, 0.05) is 22.5 Å². The van der Waals surface area contributed by atoms with Crippen molar-refractivity contribution in [1.82, 2.24) is 5.32 Å². The number of fused-ring (bicyclic) bond motifs is 1. The smallest absolute Gasteiger partial charge is 0.254 e. The third-order valence-electron chi connectivity index (χ3n) is 6.52. The van der Waals surface area contributed by atoms with Gasteiger partial charge in [0.25, 0.3) is 5.91 Å². The molecule has 0 radical (unpaired) electrons. The number of para-hydroxylation sites is 1. The molecule has 3 N–H and O–H groups in total. The van der Waals surface area contributed by atoms with Crippen molar-refractivity contribution in [2.45, 2.75) is 19.8 Å². The second kappa shape index (κ2) is 11.3. The number of dihydropyridines is 1. The van der Waals surface area contributed by atoms with Gasteiger partial charge in [-0.3, -0.25) is 9.59 Å². The lowest BCUT2D eigenvalue weighted by atomic mass is 9.85. The van der Waals surface area contributed by atoms with Crippen LogP contribution in [0.4, 0.5) is 11.4 Å². The van der Waals surface area contributed by atoms with E-state index in [1.807, 2.05) is 73.7 Å². The molecular formula is C31H26N4O3S. The predicted octanol–water partition coefficient (Wildman–Crippen LogP) is 6.45. The third kappa shape index (κ3) is 5.44. The summed E-state index contributed by atoms with van der Waals surface area (Å²) in [4.78, 5) is 26.5. The van der Waals surface area contributed by atoms with Gasteiger partial charge in [0.15, 0.2) is 0 Å². The number of nitriles is 1. The highest BCUT2D eigenvalue weighted by Gasteiger charge is 2.36. The molecule has 5 rings (SSSR count). The topological polar surface area (TPSA) is 107 Å². The second-order valence-corrected chi connectivity index (χ2v) is 10.1. The normalized spacial score (nSPS) is 15.1. The second-order valence-electron chi connectivity index (χ2n) is 9.10. The van der Waals surface area contributed by atoms with E-state index in [-0.39, 0.29) is 17.6 Å². The highest BCUT2D eigenvalue weighted by molar-refractivity contribution is 8.03. The van der Waals surface area contributed by atoms with Crippen LogP contribution in [0, 0.1) is 18.3 Å². The first-order valence-electron chi connectivity index (χ1n) is 12.4. The summed E-state index contributed by atoms with van der Waals surface area (Å²) in [5.74, 6) is -0.720. The van der Waals surface area contributed by atoms with Gasteiger partial charge in [-0.1, -0.05) is 66.4 Å². The van der Waals surface area contributed by atoms with Crippen molar-refractivity contribution in [1.29, 1.82) is 5.26 Å². The molecule has 1 unspecified atom stereocenters. The van der Waals surface area contributed by atoms with Gasteiger partial charge in [-0.2, -0.15) is 5.26 Å². The van der Waals surface area contributed by atoms with E-state index in [9.17, 15) is 14.9 Å². The molecular weight excluding hydrogens is 508 g/mol. The lowest BCUT2D eigenvalue weighted by Gasteiger charge is -2.28. The van der Waals surface area contributed by atoms with E-state index in [4.69, 9.17) is 4.42 Å². The molecule has 4 aromatic rings. The molecule has 1 aliphatic heterocycles. The van der Waals surface area contributed by atoms with E-state index in [1.54, 1.807) is 19.1 Å².